The van der Waals surface area contributed by atoms with Gasteiger partial charge in [-0.3, -0.25) is 14.8 Å². The first-order valence-electron chi connectivity index (χ1n) is 11.8. The van der Waals surface area contributed by atoms with Gasteiger partial charge in [-0.1, -0.05) is 18.2 Å². The summed E-state index contributed by atoms with van der Waals surface area (Å²) in [5.74, 6) is 1.33. The molecule has 1 aliphatic heterocycles. The fraction of sp³-hybridized carbons (Fsp3) is 0.423. The number of amides is 1. The molecular formula is C26H31ClN4O4. The number of aryl methyl sites for hydroxylation is 1. The maximum atomic E-state index is 13.1. The lowest BCUT2D eigenvalue weighted by Crippen LogP contribution is -2.47. The summed E-state index contributed by atoms with van der Waals surface area (Å²) in [4.78, 5) is 22.2. The molecule has 35 heavy (non-hydrogen) atoms. The molecule has 0 spiro atoms. The topological polar surface area (TPSA) is 94.6 Å². The van der Waals surface area contributed by atoms with Crippen LogP contribution in [-0.2, 0) is 16.1 Å². The van der Waals surface area contributed by atoms with Gasteiger partial charge in [0.15, 0.2) is 11.5 Å². The van der Waals surface area contributed by atoms with Crippen molar-refractivity contribution >= 4 is 34.9 Å². The number of methoxy groups -OCH3 is 1. The highest BCUT2D eigenvalue weighted by Crippen LogP contribution is 2.31. The number of halogens is 1. The summed E-state index contributed by atoms with van der Waals surface area (Å²) in [7, 11) is 1.71. The zero-order valence-corrected chi connectivity index (χ0v) is 20.8. The van der Waals surface area contributed by atoms with Crippen LogP contribution in [0.15, 0.2) is 42.6 Å². The smallest absolute Gasteiger partial charge is 0.227 e. The van der Waals surface area contributed by atoms with E-state index >= 15 is 0 Å². The van der Waals surface area contributed by atoms with E-state index in [0.717, 1.165) is 46.6 Å². The van der Waals surface area contributed by atoms with Crippen molar-refractivity contribution in [1.29, 1.82) is 0 Å². The molecule has 1 saturated carbocycles. The van der Waals surface area contributed by atoms with Crippen molar-refractivity contribution < 1.29 is 19.0 Å². The maximum Gasteiger partial charge on any atom is 0.227 e. The minimum atomic E-state index is -0.115. The van der Waals surface area contributed by atoms with Crippen molar-refractivity contribution in [3.8, 4) is 11.5 Å². The molecule has 1 fully saturated rings. The van der Waals surface area contributed by atoms with E-state index in [2.05, 4.69) is 20.6 Å². The van der Waals surface area contributed by atoms with Crippen molar-refractivity contribution in [2.45, 2.75) is 44.9 Å². The summed E-state index contributed by atoms with van der Waals surface area (Å²) in [5, 5.41) is 7.69. The van der Waals surface area contributed by atoms with Gasteiger partial charge in [0.1, 0.15) is 13.2 Å². The van der Waals surface area contributed by atoms with Crippen LogP contribution in [0.3, 0.4) is 0 Å². The zero-order chi connectivity index (χ0) is 23.5. The van der Waals surface area contributed by atoms with E-state index in [1.165, 1.54) is 0 Å². The van der Waals surface area contributed by atoms with Gasteiger partial charge in [0.2, 0.25) is 5.91 Å². The SMILES string of the molecule is COC1CC(C(=O)Nc2cccc3ccc(C)nc23)CCC1NCc1cc2c(cn1)OCCO2.Cl. The Bertz CT molecular complexity index is 1190. The first-order valence-corrected chi connectivity index (χ1v) is 11.8. The highest BCUT2D eigenvalue weighted by atomic mass is 35.5. The van der Waals surface area contributed by atoms with Crippen molar-refractivity contribution in [3.05, 3.63) is 54.0 Å². The predicted molar refractivity (Wildman–Crippen MR) is 136 cm³/mol. The summed E-state index contributed by atoms with van der Waals surface area (Å²) in [5.41, 5.74) is 3.39. The molecule has 3 aromatic rings. The number of rotatable bonds is 6. The number of hydrogen-bond donors (Lipinski definition) is 2. The third-order valence-corrected chi connectivity index (χ3v) is 6.61. The number of hydrogen-bond acceptors (Lipinski definition) is 7. The summed E-state index contributed by atoms with van der Waals surface area (Å²) >= 11 is 0. The Morgan fingerprint density at radius 1 is 1.14 bits per heavy atom. The fourth-order valence-corrected chi connectivity index (χ4v) is 4.76. The van der Waals surface area contributed by atoms with Gasteiger partial charge in [-0.15, -0.1) is 12.4 Å². The largest absolute Gasteiger partial charge is 0.486 e. The molecule has 1 amide bonds. The van der Waals surface area contributed by atoms with Crippen LogP contribution in [-0.4, -0.2) is 48.3 Å². The number of benzene rings is 1. The minimum absolute atomic E-state index is 0. The Kier molecular flexibility index (Phi) is 8.05. The second kappa shape index (κ2) is 11.2. The lowest BCUT2D eigenvalue weighted by atomic mass is 9.83. The third-order valence-electron chi connectivity index (χ3n) is 6.61. The summed E-state index contributed by atoms with van der Waals surface area (Å²) < 4.78 is 17.0. The van der Waals surface area contributed by atoms with E-state index in [0.29, 0.717) is 31.9 Å². The molecule has 9 heteroatoms. The highest BCUT2D eigenvalue weighted by molar-refractivity contribution is 6.01. The van der Waals surface area contributed by atoms with Gasteiger partial charge >= 0.3 is 0 Å². The van der Waals surface area contributed by atoms with Crippen LogP contribution in [0.5, 0.6) is 11.5 Å². The van der Waals surface area contributed by atoms with Crippen LogP contribution in [0.4, 0.5) is 5.69 Å². The van der Waals surface area contributed by atoms with Crippen LogP contribution in [0.1, 0.15) is 30.7 Å². The maximum absolute atomic E-state index is 13.1. The van der Waals surface area contributed by atoms with E-state index < -0.39 is 0 Å². The molecular weight excluding hydrogens is 468 g/mol. The van der Waals surface area contributed by atoms with E-state index in [1.54, 1.807) is 13.3 Å². The molecule has 186 valence electrons. The Morgan fingerprint density at radius 3 is 2.80 bits per heavy atom. The van der Waals surface area contributed by atoms with Gasteiger partial charge in [-0.05, 0) is 38.3 Å². The number of aromatic nitrogens is 2. The van der Waals surface area contributed by atoms with Gasteiger partial charge < -0.3 is 24.8 Å². The Morgan fingerprint density at radius 2 is 1.97 bits per heavy atom. The van der Waals surface area contributed by atoms with E-state index in [4.69, 9.17) is 14.2 Å². The molecule has 3 atom stereocenters. The Labute approximate surface area is 211 Å². The number of carbonyl (C=O) groups excluding carboxylic acids is 1. The number of ether oxygens (including phenoxy) is 3. The third kappa shape index (κ3) is 5.66. The standard InChI is InChI=1S/C26H30N4O4.ClH/c1-16-6-7-17-4-3-5-21(25(17)29-16)30-26(31)18-8-9-20(22(12-18)32-2)28-14-19-13-23-24(15-27-19)34-11-10-33-23;/h3-7,13,15,18,20,22,28H,8-12,14H2,1-2H3,(H,30,31);1H. The van der Waals surface area contributed by atoms with Crippen molar-refractivity contribution in [3.63, 3.8) is 0 Å². The molecule has 0 bridgehead atoms. The monoisotopic (exact) mass is 498 g/mol. The first-order chi connectivity index (χ1) is 16.6. The predicted octanol–water partition coefficient (Wildman–Crippen LogP) is 4.04. The molecule has 3 heterocycles. The summed E-state index contributed by atoms with van der Waals surface area (Å²) in [6, 6.07) is 11.9. The summed E-state index contributed by atoms with van der Waals surface area (Å²) in [6.07, 6.45) is 3.94. The van der Waals surface area contributed by atoms with E-state index in [1.807, 2.05) is 43.3 Å². The molecule has 3 unspecified atom stereocenters. The Hall–Kier alpha value is -2.94. The molecule has 1 aromatic carbocycles. The van der Waals surface area contributed by atoms with Crippen LogP contribution < -0.4 is 20.1 Å². The van der Waals surface area contributed by atoms with E-state index in [9.17, 15) is 4.79 Å². The average Bonchev–Trinajstić information content (AvgIpc) is 2.87. The zero-order valence-electron chi connectivity index (χ0n) is 20.0. The van der Waals surface area contributed by atoms with Gasteiger partial charge in [0.25, 0.3) is 0 Å². The van der Waals surface area contributed by atoms with Crippen molar-refractivity contribution in [1.82, 2.24) is 15.3 Å². The number of anilines is 1. The number of pyridine rings is 2. The average molecular weight is 499 g/mol. The quantitative estimate of drug-likeness (QED) is 0.529. The number of carbonyl (C=O) groups is 1. The lowest BCUT2D eigenvalue weighted by Gasteiger charge is -2.35. The normalized spacial score (nSPS) is 21.3. The van der Waals surface area contributed by atoms with Gasteiger partial charge in [-0.25, -0.2) is 0 Å². The van der Waals surface area contributed by atoms with Crippen molar-refractivity contribution in [2.24, 2.45) is 5.92 Å². The summed E-state index contributed by atoms with van der Waals surface area (Å²) in [6.45, 7) is 3.65. The van der Waals surface area contributed by atoms with Gasteiger partial charge in [0.05, 0.1) is 29.2 Å². The second-order valence-corrected chi connectivity index (χ2v) is 8.91. The molecule has 2 aromatic heterocycles. The fourth-order valence-electron chi connectivity index (χ4n) is 4.76. The number of fused-ring (bicyclic) bond motifs is 2. The first kappa shape index (κ1) is 25.2. The van der Waals surface area contributed by atoms with Gasteiger partial charge in [0, 0.05) is 42.8 Å². The minimum Gasteiger partial charge on any atom is -0.486 e. The second-order valence-electron chi connectivity index (χ2n) is 8.91. The molecule has 2 N–H and O–H groups in total. The lowest BCUT2D eigenvalue weighted by molar-refractivity contribution is -0.122. The molecule has 8 nitrogen and oxygen atoms in total. The molecule has 0 saturated heterocycles. The van der Waals surface area contributed by atoms with Crippen molar-refractivity contribution in [2.75, 3.05) is 25.6 Å². The van der Waals surface area contributed by atoms with E-state index in [-0.39, 0.29) is 36.4 Å². The van der Waals surface area contributed by atoms with Crippen LogP contribution in [0.2, 0.25) is 0 Å². The van der Waals surface area contributed by atoms with Crippen LogP contribution in [0.25, 0.3) is 10.9 Å². The molecule has 2 aliphatic rings. The number of nitrogens with zero attached hydrogens (tertiary/aromatic N) is 2. The Balaban J connectivity index is 0.00000289. The van der Waals surface area contributed by atoms with Gasteiger partial charge in [-0.2, -0.15) is 0 Å². The number of para-hydroxylation sites is 1. The number of nitrogens with one attached hydrogen (secondary N) is 2. The highest BCUT2D eigenvalue weighted by Gasteiger charge is 2.34. The molecule has 1 aliphatic carbocycles. The molecule has 0 radical (unpaired) electrons. The van der Waals surface area contributed by atoms with Crippen LogP contribution in [0, 0.1) is 12.8 Å². The van der Waals surface area contributed by atoms with Crippen LogP contribution >= 0.6 is 12.4 Å². The molecule has 5 rings (SSSR count).